The van der Waals surface area contributed by atoms with Crippen LogP contribution >= 0.6 is 11.3 Å². The monoisotopic (exact) mass is 419 g/mol. The molecule has 0 saturated heterocycles. The van der Waals surface area contributed by atoms with Crippen LogP contribution in [0.2, 0.25) is 0 Å². The van der Waals surface area contributed by atoms with E-state index in [1.54, 1.807) is 24.3 Å². The molecule has 0 saturated carbocycles. The number of amides is 1. The van der Waals surface area contributed by atoms with Gasteiger partial charge in [0.1, 0.15) is 5.52 Å². The Morgan fingerprint density at radius 1 is 1.13 bits per heavy atom. The van der Waals surface area contributed by atoms with Crippen molar-refractivity contribution in [3.8, 4) is 11.3 Å². The number of thiazole rings is 1. The predicted molar refractivity (Wildman–Crippen MR) is 119 cm³/mol. The molecule has 30 heavy (non-hydrogen) atoms. The van der Waals surface area contributed by atoms with Crippen molar-refractivity contribution >= 4 is 33.3 Å². The maximum absolute atomic E-state index is 12.4. The number of nitrogens with one attached hydrogen (secondary N) is 1. The number of benzene rings is 2. The molecule has 0 atom stereocenters. The highest BCUT2D eigenvalue weighted by molar-refractivity contribution is 7.14. The van der Waals surface area contributed by atoms with E-state index in [0.717, 1.165) is 11.3 Å². The Kier molecular flexibility index (Phi) is 5.67. The van der Waals surface area contributed by atoms with Crippen molar-refractivity contribution in [2.24, 2.45) is 0 Å². The number of carbonyl (C=O) groups excluding carboxylic acids is 1. The summed E-state index contributed by atoms with van der Waals surface area (Å²) in [6.07, 6.45) is 0.102. The van der Waals surface area contributed by atoms with Crippen molar-refractivity contribution in [3.05, 3.63) is 69.8 Å². The molecule has 1 N–H and O–H groups in total. The standard InChI is InChI=1S/C22H21N5O2S/c1-14(2)15-7-9-16(10-8-15)19-13-30-22(23-19)24-20(28)11-12-27-21(29)17-5-3-4-6-18(17)25-26-27/h3-10,13-14H,11-12H2,1-2H3,(H,23,24,28). The molecule has 0 aliphatic heterocycles. The number of hydrogen-bond acceptors (Lipinski definition) is 6. The van der Waals surface area contributed by atoms with Crippen LogP contribution in [0.1, 0.15) is 31.7 Å². The largest absolute Gasteiger partial charge is 0.302 e. The Labute approximate surface area is 177 Å². The summed E-state index contributed by atoms with van der Waals surface area (Å²) >= 11 is 1.37. The van der Waals surface area contributed by atoms with Crippen LogP contribution in [0, 0.1) is 0 Å². The van der Waals surface area contributed by atoms with Crippen molar-refractivity contribution in [2.75, 3.05) is 5.32 Å². The number of nitrogens with zero attached hydrogens (tertiary/aromatic N) is 4. The van der Waals surface area contributed by atoms with Crippen molar-refractivity contribution in [1.82, 2.24) is 20.0 Å². The SMILES string of the molecule is CC(C)c1ccc(-c2csc(NC(=O)CCn3nnc4ccccc4c3=O)n2)cc1. The zero-order valence-corrected chi connectivity index (χ0v) is 17.5. The van der Waals surface area contributed by atoms with Crippen molar-refractivity contribution in [1.29, 1.82) is 0 Å². The lowest BCUT2D eigenvalue weighted by Gasteiger charge is -2.06. The Morgan fingerprint density at radius 2 is 1.90 bits per heavy atom. The second-order valence-electron chi connectivity index (χ2n) is 7.25. The first kappa shape index (κ1) is 19.9. The van der Waals surface area contributed by atoms with E-state index in [1.807, 2.05) is 17.5 Å². The first-order valence-electron chi connectivity index (χ1n) is 9.69. The summed E-state index contributed by atoms with van der Waals surface area (Å²) < 4.78 is 1.21. The molecule has 0 aliphatic rings. The molecule has 7 nitrogen and oxygen atoms in total. The van der Waals surface area contributed by atoms with Gasteiger partial charge in [0, 0.05) is 17.4 Å². The molecule has 0 fully saturated rings. The summed E-state index contributed by atoms with van der Waals surface area (Å²) in [5, 5.41) is 13.7. The molecule has 1 amide bonds. The molecule has 0 unspecified atom stereocenters. The van der Waals surface area contributed by atoms with Crippen LogP contribution in [-0.2, 0) is 11.3 Å². The highest BCUT2D eigenvalue weighted by Gasteiger charge is 2.11. The van der Waals surface area contributed by atoms with Gasteiger partial charge in [-0.1, -0.05) is 55.5 Å². The molecule has 2 aromatic heterocycles. The highest BCUT2D eigenvalue weighted by atomic mass is 32.1. The average Bonchev–Trinajstić information content (AvgIpc) is 3.22. The minimum absolute atomic E-state index is 0.102. The normalized spacial score (nSPS) is 11.2. The summed E-state index contributed by atoms with van der Waals surface area (Å²) in [4.78, 5) is 29.3. The van der Waals surface area contributed by atoms with Gasteiger partial charge in [0.05, 0.1) is 17.6 Å². The van der Waals surface area contributed by atoms with Gasteiger partial charge in [0.25, 0.3) is 5.56 Å². The van der Waals surface area contributed by atoms with Gasteiger partial charge in [0.2, 0.25) is 5.91 Å². The Morgan fingerprint density at radius 3 is 2.67 bits per heavy atom. The predicted octanol–water partition coefficient (Wildman–Crippen LogP) is 4.07. The van der Waals surface area contributed by atoms with E-state index in [0.29, 0.717) is 22.0 Å². The molecule has 4 aromatic rings. The van der Waals surface area contributed by atoms with Gasteiger partial charge in [0.15, 0.2) is 5.13 Å². The lowest BCUT2D eigenvalue weighted by molar-refractivity contribution is -0.116. The number of aromatic nitrogens is 4. The molecule has 0 bridgehead atoms. The van der Waals surface area contributed by atoms with E-state index >= 15 is 0 Å². The quantitative estimate of drug-likeness (QED) is 0.509. The first-order chi connectivity index (χ1) is 14.5. The van der Waals surface area contributed by atoms with Gasteiger partial charge in [-0.15, -0.1) is 16.4 Å². The maximum atomic E-state index is 12.4. The molecule has 4 rings (SSSR count). The lowest BCUT2D eigenvalue weighted by Crippen LogP contribution is -2.26. The first-order valence-corrected chi connectivity index (χ1v) is 10.6. The van der Waals surface area contributed by atoms with E-state index in [1.165, 1.54) is 21.6 Å². The van der Waals surface area contributed by atoms with Crippen molar-refractivity contribution < 1.29 is 4.79 Å². The Balaban J connectivity index is 1.39. The third kappa shape index (κ3) is 4.28. The molecule has 2 heterocycles. The van der Waals surface area contributed by atoms with E-state index < -0.39 is 0 Å². The summed E-state index contributed by atoms with van der Waals surface area (Å²) in [5.74, 6) is 0.247. The van der Waals surface area contributed by atoms with E-state index in [-0.39, 0.29) is 24.4 Å². The smallest absolute Gasteiger partial charge is 0.277 e. The molecule has 0 aliphatic carbocycles. The Hall–Kier alpha value is -3.39. The van der Waals surface area contributed by atoms with Crippen LogP contribution in [0.4, 0.5) is 5.13 Å². The second kappa shape index (κ2) is 8.54. The van der Waals surface area contributed by atoms with E-state index in [9.17, 15) is 9.59 Å². The van der Waals surface area contributed by atoms with Crippen LogP contribution in [0.15, 0.2) is 58.7 Å². The minimum Gasteiger partial charge on any atom is -0.302 e. The fraction of sp³-hybridized carbons (Fsp3) is 0.227. The Bertz CT molecular complexity index is 1240. The molecule has 2 aromatic carbocycles. The molecule has 0 radical (unpaired) electrons. The zero-order valence-electron chi connectivity index (χ0n) is 16.7. The number of rotatable bonds is 6. The number of hydrogen-bond donors (Lipinski definition) is 1. The van der Waals surface area contributed by atoms with Crippen molar-refractivity contribution in [3.63, 3.8) is 0 Å². The third-order valence-electron chi connectivity index (χ3n) is 4.80. The topological polar surface area (TPSA) is 89.8 Å². The molecular formula is C22H21N5O2S. The van der Waals surface area contributed by atoms with Gasteiger partial charge in [-0.3, -0.25) is 9.59 Å². The van der Waals surface area contributed by atoms with E-state index in [4.69, 9.17) is 0 Å². The van der Waals surface area contributed by atoms with Gasteiger partial charge in [-0.25, -0.2) is 9.67 Å². The number of anilines is 1. The molecule has 152 valence electrons. The van der Waals surface area contributed by atoms with Gasteiger partial charge in [-0.05, 0) is 23.6 Å². The average molecular weight is 420 g/mol. The van der Waals surface area contributed by atoms with Crippen LogP contribution in [0.5, 0.6) is 0 Å². The van der Waals surface area contributed by atoms with Crippen molar-refractivity contribution in [2.45, 2.75) is 32.7 Å². The van der Waals surface area contributed by atoms with Crippen LogP contribution < -0.4 is 10.9 Å². The van der Waals surface area contributed by atoms with Crippen LogP contribution in [-0.4, -0.2) is 25.9 Å². The summed E-state index contributed by atoms with van der Waals surface area (Å²) in [5.41, 5.74) is 3.39. The number of carbonyl (C=O) groups is 1. The second-order valence-corrected chi connectivity index (χ2v) is 8.11. The fourth-order valence-electron chi connectivity index (χ4n) is 3.06. The van der Waals surface area contributed by atoms with Crippen LogP contribution in [0.25, 0.3) is 22.2 Å². The van der Waals surface area contributed by atoms with Crippen LogP contribution in [0.3, 0.4) is 0 Å². The maximum Gasteiger partial charge on any atom is 0.277 e. The highest BCUT2D eigenvalue weighted by Crippen LogP contribution is 2.26. The summed E-state index contributed by atoms with van der Waals surface area (Å²) in [6, 6.07) is 15.3. The lowest BCUT2D eigenvalue weighted by atomic mass is 10.0. The van der Waals surface area contributed by atoms with Gasteiger partial charge >= 0.3 is 0 Å². The molecule has 8 heteroatoms. The summed E-state index contributed by atoms with van der Waals surface area (Å²) in [7, 11) is 0. The molecule has 0 spiro atoms. The fourth-order valence-corrected chi connectivity index (χ4v) is 3.80. The number of fused-ring (bicyclic) bond motifs is 1. The zero-order chi connectivity index (χ0) is 21.1. The molecular weight excluding hydrogens is 398 g/mol. The number of aryl methyl sites for hydroxylation is 1. The minimum atomic E-state index is -0.255. The third-order valence-corrected chi connectivity index (χ3v) is 5.56. The van der Waals surface area contributed by atoms with Gasteiger partial charge in [-0.2, -0.15) is 0 Å². The van der Waals surface area contributed by atoms with Gasteiger partial charge < -0.3 is 5.32 Å². The summed E-state index contributed by atoms with van der Waals surface area (Å²) in [6.45, 7) is 4.46. The van der Waals surface area contributed by atoms with E-state index in [2.05, 4.69) is 46.6 Å².